The highest BCUT2D eigenvalue weighted by molar-refractivity contribution is 5.71. The van der Waals surface area contributed by atoms with Crippen LogP contribution in [0.25, 0.3) is 0 Å². The van der Waals surface area contributed by atoms with Gasteiger partial charge in [-0.1, -0.05) is 311 Å². The summed E-state index contributed by atoms with van der Waals surface area (Å²) in [6.07, 6.45) is 91.4. The zero-order valence-corrected chi connectivity index (χ0v) is 52.8. The Morgan fingerprint density at radius 3 is 0.775 bits per heavy atom. The molecule has 0 aromatic rings. The molecule has 0 radical (unpaired) electrons. The summed E-state index contributed by atoms with van der Waals surface area (Å²) in [6, 6.07) is 0. The van der Waals surface area contributed by atoms with Crippen molar-refractivity contribution in [2.24, 2.45) is 0 Å². The minimum atomic E-state index is -0.795. The number of ether oxygens (including phenoxy) is 3. The molecule has 1 atom stereocenters. The first-order chi connectivity index (χ1) is 39.5. The van der Waals surface area contributed by atoms with E-state index in [2.05, 4.69) is 118 Å². The van der Waals surface area contributed by atoms with E-state index in [4.69, 9.17) is 14.2 Å². The molecule has 0 amide bonds. The number of carbonyl (C=O) groups excluding carboxylic acids is 3. The molecule has 0 fully saturated rings. The van der Waals surface area contributed by atoms with Crippen LogP contribution < -0.4 is 0 Å². The zero-order chi connectivity index (χ0) is 57.8. The van der Waals surface area contributed by atoms with E-state index in [1.165, 1.54) is 186 Å². The Morgan fingerprint density at radius 1 is 0.263 bits per heavy atom. The van der Waals surface area contributed by atoms with Crippen molar-refractivity contribution in [3.05, 3.63) is 97.2 Å². The highest BCUT2D eigenvalue weighted by Gasteiger charge is 2.19. The Kier molecular flexibility index (Phi) is 64.7. The number of hydrogen-bond acceptors (Lipinski definition) is 6. The Morgan fingerprint density at radius 2 is 0.487 bits per heavy atom. The van der Waals surface area contributed by atoms with Crippen LogP contribution >= 0.6 is 0 Å². The number of esters is 3. The van der Waals surface area contributed by atoms with Gasteiger partial charge in [-0.2, -0.15) is 0 Å². The smallest absolute Gasteiger partial charge is 0.306 e. The van der Waals surface area contributed by atoms with E-state index in [0.29, 0.717) is 19.3 Å². The fourth-order valence-corrected chi connectivity index (χ4v) is 9.71. The molecule has 0 heterocycles. The van der Waals surface area contributed by atoms with Crippen LogP contribution in [0.2, 0.25) is 0 Å². The van der Waals surface area contributed by atoms with Crippen LogP contribution in [0.5, 0.6) is 0 Å². The summed E-state index contributed by atoms with van der Waals surface area (Å²) in [6.45, 7) is 6.52. The summed E-state index contributed by atoms with van der Waals surface area (Å²) >= 11 is 0. The molecule has 6 heteroatoms. The number of carbonyl (C=O) groups is 3. The van der Waals surface area contributed by atoms with E-state index in [-0.39, 0.29) is 31.1 Å². The van der Waals surface area contributed by atoms with Crippen molar-refractivity contribution < 1.29 is 28.6 Å². The van der Waals surface area contributed by atoms with Gasteiger partial charge < -0.3 is 14.2 Å². The van der Waals surface area contributed by atoms with Crippen LogP contribution in [0.3, 0.4) is 0 Å². The van der Waals surface area contributed by atoms with Gasteiger partial charge in [-0.05, 0) is 103 Å². The average molecular weight is 1110 g/mol. The van der Waals surface area contributed by atoms with Crippen molar-refractivity contribution in [1.82, 2.24) is 0 Å². The summed E-state index contributed by atoms with van der Waals surface area (Å²) < 4.78 is 16.9. The van der Waals surface area contributed by atoms with Gasteiger partial charge in [0.05, 0.1) is 0 Å². The minimum Gasteiger partial charge on any atom is -0.462 e. The van der Waals surface area contributed by atoms with Gasteiger partial charge >= 0.3 is 17.9 Å². The second-order valence-corrected chi connectivity index (χ2v) is 22.7. The summed E-state index contributed by atoms with van der Waals surface area (Å²) in [7, 11) is 0. The van der Waals surface area contributed by atoms with Gasteiger partial charge in [-0.15, -0.1) is 0 Å². The molecule has 0 rings (SSSR count). The van der Waals surface area contributed by atoms with Gasteiger partial charge in [-0.25, -0.2) is 0 Å². The Bertz CT molecular complexity index is 1560. The molecule has 0 spiro atoms. The molecule has 0 bridgehead atoms. The summed E-state index contributed by atoms with van der Waals surface area (Å²) in [4.78, 5) is 38.4. The van der Waals surface area contributed by atoms with E-state index in [1.54, 1.807) is 0 Å². The van der Waals surface area contributed by atoms with E-state index in [1.807, 2.05) is 0 Å². The first-order valence-corrected chi connectivity index (χ1v) is 34.2. The molecule has 0 saturated carbocycles. The van der Waals surface area contributed by atoms with Gasteiger partial charge in [0, 0.05) is 19.3 Å². The van der Waals surface area contributed by atoms with Crippen molar-refractivity contribution in [3.8, 4) is 0 Å². The topological polar surface area (TPSA) is 78.9 Å². The molecule has 0 aromatic heterocycles. The lowest BCUT2D eigenvalue weighted by molar-refractivity contribution is -0.167. The molecule has 0 N–H and O–H groups in total. The molecule has 460 valence electrons. The monoisotopic (exact) mass is 1110 g/mol. The largest absolute Gasteiger partial charge is 0.462 e. The van der Waals surface area contributed by atoms with Crippen LogP contribution in [0.1, 0.15) is 335 Å². The molecule has 0 aliphatic carbocycles. The van der Waals surface area contributed by atoms with E-state index in [9.17, 15) is 14.4 Å². The van der Waals surface area contributed by atoms with Crippen LogP contribution in [-0.4, -0.2) is 37.2 Å². The molecule has 6 nitrogen and oxygen atoms in total. The predicted octanol–water partition coefficient (Wildman–Crippen LogP) is 23.6. The number of unbranched alkanes of at least 4 members (excludes halogenated alkanes) is 35. The molecule has 0 aliphatic heterocycles. The van der Waals surface area contributed by atoms with Crippen LogP contribution in [0.15, 0.2) is 97.2 Å². The van der Waals surface area contributed by atoms with Crippen LogP contribution in [0, 0.1) is 0 Å². The molecule has 0 aromatic carbocycles. The Hall–Kier alpha value is -3.67. The standard InChI is InChI=1S/C74H128O6/c1-4-7-10-13-16-19-22-25-28-30-32-33-34-35-36-37-38-39-40-41-43-44-46-49-52-55-58-61-64-67-73(76)79-70-71(69-78-72(75)66-63-60-57-54-51-48-27-24-21-18-15-12-9-6-3)80-74(77)68-65-62-59-56-53-50-47-45-42-31-29-26-23-20-17-14-11-8-5-2/h8,11,17,20,22,25-26,29-30,32,34-35,42,45,50,53,71H,4-7,9-10,12-16,18-19,21,23-24,27-28,31,33,36-41,43-44,46-49,51-52,54-70H2,1-3H3/b11-8-,20-17-,25-22-,29-26-,32-30-,35-34-,45-42-,53-50-. The summed E-state index contributed by atoms with van der Waals surface area (Å²) in [5, 5.41) is 0. The molecule has 1 unspecified atom stereocenters. The van der Waals surface area contributed by atoms with Gasteiger partial charge in [0.25, 0.3) is 0 Å². The first kappa shape index (κ1) is 76.3. The normalized spacial score (nSPS) is 12.7. The van der Waals surface area contributed by atoms with Crippen molar-refractivity contribution in [2.45, 2.75) is 341 Å². The van der Waals surface area contributed by atoms with Crippen molar-refractivity contribution in [3.63, 3.8) is 0 Å². The maximum atomic E-state index is 12.9. The number of allylic oxidation sites excluding steroid dienone is 16. The fourth-order valence-electron chi connectivity index (χ4n) is 9.71. The van der Waals surface area contributed by atoms with Crippen LogP contribution in [-0.2, 0) is 28.6 Å². The molecule has 80 heavy (non-hydrogen) atoms. The first-order valence-electron chi connectivity index (χ1n) is 34.2. The summed E-state index contributed by atoms with van der Waals surface area (Å²) in [5.41, 5.74) is 0. The highest BCUT2D eigenvalue weighted by atomic mass is 16.6. The van der Waals surface area contributed by atoms with Gasteiger partial charge in [0.15, 0.2) is 6.10 Å². The van der Waals surface area contributed by atoms with E-state index in [0.717, 1.165) is 109 Å². The minimum absolute atomic E-state index is 0.0879. The number of hydrogen-bond donors (Lipinski definition) is 0. The third-order valence-corrected chi connectivity index (χ3v) is 14.8. The lowest BCUT2D eigenvalue weighted by Gasteiger charge is -2.18. The van der Waals surface area contributed by atoms with Crippen molar-refractivity contribution in [1.29, 1.82) is 0 Å². The molecular weight excluding hydrogens is 985 g/mol. The maximum absolute atomic E-state index is 12.9. The van der Waals surface area contributed by atoms with Crippen molar-refractivity contribution in [2.75, 3.05) is 13.2 Å². The second kappa shape index (κ2) is 67.8. The second-order valence-electron chi connectivity index (χ2n) is 22.7. The Labute approximate surface area is 496 Å². The van der Waals surface area contributed by atoms with E-state index >= 15 is 0 Å². The summed E-state index contributed by atoms with van der Waals surface area (Å²) in [5.74, 6) is -0.907. The lowest BCUT2D eigenvalue weighted by atomic mass is 10.0. The maximum Gasteiger partial charge on any atom is 0.306 e. The van der Waals surface area contributed by atoms with Gasteiger partial charge in [0.1, 0.15) is 13.2 Å². The quantitative estimate of drug-likeness (QED) is 0.0261. The molecule has 0 aliphatic rings. The highest BCUT2D eigenvalue weighted by Crippen LogP contribution is 2.17. The third kappa shape index (κ3) is 65.1. The molecular formula is C74H128O6. The lowest BCUT2D eigenvalue weighted by Crippen LogP contribution is -2.30. The van der Waals surface area contributed by atoms with Crippen LogP contribution in [0.4, 0.5) is 0 Å². The van der Waals surface area contributed by atoms with Gasteiger partial charge in [0.2, 0.25) is 0 Å². The third-order valence-electron chi connectivity index (χ3n) is 14.8. The molecule has 0 saturated heterocycles. The zero-order valence-electron chi connectivity index (χ0n) is 52.8. The fraction of sp³-hybridized carbons (Fsp3) is 0.743. The SMILES string of the molecule is CC/C=C\C/C=C\C/C=C\C/C=C\C/C=C\CCCCCC(=O)OC(COC(=O)CCCCCCCCCCCCCCCC)COC(=O)CCCCCCCCCCCCCCCC/C=C\C/C=C\C/C=C\CCCCCCC. The van der Waals surface area contributed by atoms with Crippen molar-refractivity contribution >= 4 is 17.9 Å². The van der Waals surface area contributed by atoms with E-state index < -0.39 is 6.10 Å². The number of rotatable bonds is 62. The predicted molar refractivity (Wildman–Crippen MR) is 348 cm³/mol. The average Bonchev–Trinajstić information content (AvgIpc) is 3.46. The Balaban J connectivity index is 4.30. The van der Waals surface area contributed by atoms with Gasteiger partial charge in [-0.3, -0.25) is 14.4 Å².